The molecule has 3 nitrogen and oxygen atoms in total. The fraction of sp³-hybridized carbons (Fsp3) is 1.00. The molecule has 0 aromatic heterocycles. The molecule has 0 heterocycles. The molecule has 0 spiro atoms. The zero-order valence-electron chi connectivity index (χ0n) is 5.53. The van der Waals surface area contributed by atoms with Gasteiger partial charge in [0.15, 0.2) is 0 Å². The number of hydrogen-bond donors (Lipinski definition) is 2. The van der Waals surface area contributed by atoms with Crippen LogP contribution >= 0.6 is 0 Å². The van der Waals surface area contributed by atoms with Gasteiger partial charge in [-0.2, -0.15) is 0 Å². The Kier molecular flexibility index (Phi) is 6.78. The zero-order chi connectivity index (χ0) is 6.24. The van der Waals surface area contributed by atoms with Crippen LogP contribution in [0.2, 0.25) is 0 Å². The second-order valence-corrected chi connectivity index (χ2v) is 1.37. The van der Waals surface area contributed by atoms with Crippen LogP contribution in [0.4, 0.5) is 0 Å². The Morgan fingerprint density at radius 2 is 2.25 bits per heavy atom. The summed E-state index contributed by atoms with van der Waals surface area (Å²) in [6.07, 6.45) is 0. The normalized spacial score (nSPS) is 9.75. The standard InChI is InChI=1S/C5H14N2O/c1-3-8-5-4-7-6-2/h6-7H,3-5H2,1-2H3. The highest BCUT2D eigenvalue weighted by Crippen LogP contribution is 1.67. The third-order valence-corrected chi connectivity index (χ3v) is 0.752. The van der Waals surface area contributed by atoms with Gasteiger partial charge in [-0.25, -0.2) is 0 Å². The first-order valence-corrected chi connectivity index (χ1v) is 2.89. The molecule has 50 valence electrons. The Bertz CT molecular complexity index is 35.4. The SMILES string of the molecule is CCOCCNNC. The van der Waals surface area contributed by atoms with Crippen LogP contribution in [0, 0.1) is 0 Å². The van der Waals surface area contributed by atoms with Gasteiger partial charge in [0.2, 0.25) is 0 Å². The lowest BCUT2D eigenvalue weighted by Crippen LogP contribution is -2.30. The highest BCUT2D eigenvalue weighted by atomic mass is 16.5. The van der Waals surface area contributed by atoms with Gasteiger partial charge in [0.1, 0.15) is 0 Å². The van der Waals surface area contributed by atoms with Crippen molar-refractivity contribution in [3.8, 4) is 0 Å². The van der Waals surface area contributed by atoms with Crippen molar-refractivity contribution in [2.45, 2.75) is 6.92 Å². The average Bonchev–Trinajstić information content (AvgIpc) is 1.81. The van der Waals surface area contributed by atoms with Crippen molar-refractivity contribution in [1.29, 1.82) is 0 Å². The molecule has 3 heteroatoms. The lowest BCUT2D eigenvalue weighted by Gasteiger charge is -2.00. The minimum absolute atomic E-state index is 0.775. The van der Waals surface area contributed by atoms with E-state index in [1.807, 2.05) is 14.0 Å². The Morgan fingerprint density at radius 1 is 1.50 bits per heavy atom. The van der Waals surface area contributed by atoms with E-state index in [0.717, 1.165) is 19.8 Å². The molecule has 0 aromatic rings. The Labute approximate surface area is 50.4 Å². The summed E-state index contributed by atoms with van der Waals surface area (Å²) in [5.41, 5.74) is 5.70. The molecule has 0 aliphatic heterocycles. The molecule has 2 N–H and O–H groups in total. The summed E-state index contributed by atoms with van der Waals surface area (Å²) in [6, 6.07) is 0. The quantitative estimate of drug-likeness (QED) is 0.385. The van der Waals surface area contributed by atoms with Gasteiger partial charge in [0.05, 0.1) is 6.61 Å². The van der Waals surface area contributed by atoms with Gasteiger partial charge in [-0.15, -0.1) is 0 Å². The number of hydrazine groups is 1. The summed E-state index contributed by atoms with van der Waals surface area (Å²) < 4.78 is 5.03. The van der Waals surface area contributed by atoms with E-state index in [9.17, 15) is 0 Å². The maximum absolute atomic E-state index is 5.03. The average molecular weight is 118 g/mol. The molecule has 0 atom stereocenters. The maximum atomic E-state index is 5.03. The van der Waals surface area contributed by atoms with Crippen molar-refractivity contribution in [1.82, 2.24) is 10.9 Å². The van der Waals surface area contributed by atoms with E-state index < -0.39 is 0 Å². The molecule has 0 radical (unpaired) electrons. The van der Waals surface area contributed by atoms with Gasteiger partial charge < -0.3 is 4.74 Å². The predicted molar refractivity (Wildman–Crippen MR) is 33.6 cm³/mol. The first-order chi connectivity index (χ1) is 3.91. The largest absolute Gasteiger partial charge is 0.380 e. The van der Waals surface area contributed by atoms with Gasteiger partial charge in [0, 0.05) is 13.2 Å². The van der Waals surface area contributed by atoms with Crippen LogP contribution in [-0.2, 0) is 4.74 Å². The molecule has 0 saturated carbocycles. The molecule has 0 unspecified atom stereocenters. The van der Waals surface area contributed by atoms with Crippen LogP contribution in [0.5, 0.6) is 0 Å². The number of ether oxygens (including phenoxy) is 1. The maximum Gasteiger partial charge on any atom is 0.0604 e. The third-order valence-electron chi connectivity index (χ3n) is 0.752. The van der Waals surface area contributed by atoms with E-state index in [4.69, 9.17) is 4.74 Å². The van der Waals surface area contributed by atoms with E-state index >= 15 is 0 Å². The Hall–Kier alpha value is -0.120. The van der Waals surface area contributed by atoms with Gasteiger partial charge >= 0.3 is 0 Å². The lowest BCUT2D eigenvalue weighted by molar-refractivity contribution is 0.147. The van der Waals surface area contributed by atoms with Gasteiger partial charge in [-0.3, -0.25) is 10.9 Å². The molecule has 8 heavy (non-hydrogen) atoms. The second kappa shape index (κ2) is 6.88. The van der Waals surface area contributed by atoms with Crippen molar-refractivity contribution in [3.63, 3.8) is 0 Å². The molecular weight excluding hydrogens is 104 g/mol. The predicted octanol–water partition coefficient (Wildman–Crippen LogP) is -0.253. The summed E-state index contributed by atoms with van der Waals surface area (Å²) in [4.78, 5) is 0. The zero-order valence-corrected chi connectivity index (χ0v) is 5.53. The van der Waals surface area contributed by atoms with Crippen molar-refractivity contribution < 1.29 is 4.74 Å². The molecule has 0 fully saturated rings. The van der Waals surface area contributed by atoms with E-state index in [0.29, 0.717) is 0 Å². The van der Waals surface area contributed by atoms with E-state index in [2.05, 4.69) is 10.9 Å². The Balaban J connectivity index is 2.53. The molecule has 0 aliphatic carbocycles. The Morgan fingerprint density at radius 3 is 2.75 bits per heavy atom. The molecule has 0 rings (SSSR count). The van der Waals surface area contributed by atoms with Crippen LogP contribution in [0.3, 0.4) is 0 Å². The van der Waals surface area contributed by atoms with Crippen LogP contribution in [0.15, 0.2) is 0 Å². The monoisotopic (exact) mass is 118 g/mol. The first kappa shape index (κ1) is 7.88. The summed E-state index contributed by atoms with van der Waals surface area (Å²) in [5, 5.41) is 0. The molecular formula is C5H14N2O. The number of nitrogens with one attached hydrogen (secondary N) is 2. The number of hydrogen-bond acceptors (Lipinski definition) is 3. The van der Waals surface area contributed by atoms with Crippen molar-refractivity contribution in [3.05, 3.63) is 0 Å². The molecule has 0 aliphatic rings. The van der Waals surface area contributed by atoms with Crippen LogP contribution < -0.4 is 10.9 Å². The molecule has 0 amide bonds. The summed E-state index contributed by atoms with van der Waals surface area (Å²) in [5.74, 6) is 0. The van der Waals surface area contributed by atoms with Crippen LogP contribution in [0.1, 0.15) is 6.92 Å². The lowest BCUT2D eigenvalue weighted by atomic mass is 10.7. The van der Waals surface area contributed by atoms with Crippen LogP contribution in [-0.4, -0.2) is 26.8 Å². The fourth-order valence-corrected chi connectivity index (χ4v) is 0.393. The van der Waals surface area contributed by atoms with Gasteiger partial charge in [0.25, 0.3) is 0 Å². The molecule has 0 bridgehead atoms. The summed E-state index contributed by atoms with van der Waals surface area (Å²) in [6.45, 7) is 4.42. The first-order valence-electron chi connectivity index (χ1n) is 2.89. The van der Waals surface area contributed by atoms with Crippen LogP contribution in [0.25, 0.3) is 0 Å². The number of rotatable bonds is 5. The van der Waals surface area contributed by atoms with E-state index in [1.165, 1.54) is 0 Å². The fourth-order valence-electron chi connectivity index (χ4n) is 0.393. The minimum atomic E-state index is 0.775. The van der Waals surface area contributed by atoms with Crippen molar-refractivity contribution in [2.24, 2.45) is 0 Å². The molecule has 0 aromatic carbocycles. The smallest absolute Gasteiger partial charge is 0.0604 e. The molecule has 0 saturated heterocycles. The van der Waals surface area contributed by atoms with E-state index in [-0.39, 0.29) is 0 Å². The van der Waals surface area contributed by atoms with Gasteiger partial charge in [-0.1, -0.05) is 0 Å². The van der Waals surface area contributed by atoms with Gasteiger partial charge in [-0.05, 0) is 14.0 Å². The minimum Gasteiger partial charge on any atom is -0.380 e. The second-order valence-electron chi connectivity index (χ2n) is 1.37. The summed E-state index contributed by atoms with van der Waals surface area (Å²) >= 11 is 0. The highest BCUT2D eigenvalue weighted by Gasteiger charge is 1.79. The summed E-state index contributed by atoms with van der Waals surface area (Å²) in [7, 11) is 1.84. The van der Waals surface area contributed by atoms with Crippen molar-refractivity contribution in [2.75, 3.05) is 26.8 Å². The topological polar surface area (TPSA) is 33.3 Å². The van der Waals surface area contributed by atoms with Crippen molar-refractivity contribution >= 4 is 0 Å². The highest BCUT2D eigenvalue weighted by molar-refractivity contribution is 4.32. The third kappa shape index (κ3) is 5.88. The van der Waals surface area contributed by atoms with E-state index in [1.54, 1.807) is 0 Å².